The number of fused-ring (bicyclic) bond motifs is 1. The van der Waals surface area contributed by atoms with E-state index in [0.29, 0.717) is 26.8 Å². The van der Waals surface area contributed by atoms with Gasteiger partial charge in [-0.2, -0.15) is 0 Å². The lowest BCUT2D eigenvalue weighted by molar-refractivity contribution is 0.0701. The summed E-state index contributed by atoms with van der Waals surface area (Å²) in [6, 6.07) is 3.18. The van der Waals surface area contributed by atoms with E-state index in [-0.39, 0.29) is 17.3 Å². The standard InChI is InChI=1S/C14H14O4S/c1-7-11-9(6-18-3)4-5-10(8(2)15)13(11)19-12(7)14(16)17/h4-5H,6H2,1-3H3,(H,16,17)/i3D3. The van der Waals surface area contributed by atoms with Crippen LogP contribution >= 0.6 is 11.3 Å². The van der Waals surface area contributed by atoms with Crippen LogP contribution in [0.4, 0.5) is 0 Å². The van der Waals surface area contributed by atoms with Gasteiger partial charge in [0, 0.05) is 22.7 Å². The molecule has 0 aliphatic carbocycles. The predicted octanol–water partition coefficient (Wildman–Crippen LogP) is 3.26. The van der Waals surface area contributed by atoms with Gasteiger partial charge in [0.2, 0.25) is 0 Å². The molecule has 1 N–H and O–H groups in total. The fourth-order valence-electron chi connectivity index (χ4n) is 2.11. The number of rotatable bonds is 4. The van der Waals surface area contributed by atoms with E-state index in [0.717, 1.165) is 11.3 Å². The van der Waals surface area contributed by atoms with Crippen molar-refractivity contribution in [3.05, 3.63) is 33.7 Å². The molecule has 0 aliphatic heterocycles. The number of carbonyl (C=O) groups is 2. The van der Waals surface area contributed by atoms with Crippen LogP contribution in [0.1, 0.15) is 42.2 Å². The summed E-state index contributed by atoms with van der Waals surface area (Å²) < 4.78 is 26.6. The van der Waals surface area contributed by atoms with Crippen molar-refractivity contribution in [2.75, 3.05) is 7.04 Å². The van der Waals surface area contributed by atoms with Gasteiger partial charge in [0.25, 0.3) is 0 Å². The Kier molecular flexibility index (Phi) is 2.72. The van der Waals surface area contributed by atoms with E-state index in [9.17, 15) is 14.7 Å². The first-order chi connectivity index (χ1) is 10.1. The number of hydrogen-bond acceptors (Lipinski definition) is 4. The van der Waals surface area contributed by atoms with Crippen LogP contribution in [-0.4, -0.2) is 23.9 Å². The van der Waals surface area contributed by atoms with Crippen LogP contribution in [0.2, 0.25) is 0 Å². The van der Waals surface area contributed by atoms with Crippen molar-refractivity contribution in [2.24, 2.45) is 0 Å². The Morgan fingerprint density at radius 1 is 1.47 bits per heavy atom. The Balaban J connectivity index is 2.66. The lowest BCUT2D eigenvalue weighted by atomic mass is 10.0. The van der Waals surface area contributed by atoms with Crippen molar-refractivity contribution >= 4 is 33.2 Å². The van der Waals surface area contributed by atoms with E-state index in [4.69, 9.17) is 8.85 Å². The number of carboxylic acid groups (broad SMARTS) is 1. The molecule has 0 aliphatic rings. The number of thiophene rings is 1. The van der Waals surface area contributed by atoms with Crippen molar-refractivity contribution in [3.8, 4) is 0 Å². The fourth-order valence-corrected chi connectivity index (χ4v) is 3.37. The first-order valence-corrected chi connectivity index (χ1v) is 6.36. The van der Waals surface area contributed by atoms with E-state index in [1.165, 1.54) is 6.92 Å². The molecular formula is C14H14O4S. The lowest BCUT2D eigenvalue weighted by Crippen LogP contribution is -1.97. The topological polar surface area (TPSA) is 63.6 Å². The average molecular weight is 281 g/mol. The molecule has 0 saturated carbocycles. The molecule has 1 heterocycles. The monoisotopic (exact) mass is 281 g/mol. The van der Waals surface area contributed by atoms with E-state index in [1.807, 2.05) is 0 Å². The molecular weight excluding hydrogens is 264 g/mol. The van der Waals surface area contributed by atoms with Gasteiger partial charge in [-0.15, -0.1) is 11.3 Å². The number of hydrogen-bond donors (Lipinski definition) is 1. The third-order valence-corrected chi connectivity index (χ3v) is 4.28. The minimum absolute atomic E-state index is 0.138. The molecule has 19 heavy (non-hydrogen) atoms. The van der Waals surface area contributed by atoms with Gasteiger partial charge in [0.05, 0.1) is 10.7 Å². The van der Waals surface area contributed by atoms with Gasteiger partial charge in [-0.1, -0.05) is 6.07 Å². The molecule has 2 rings (SSSR count). The van der Waals surface area contributed by atoms with Crippen molar-refractivity contribution in [3.63, 3.8) is 0 Å². The maximum Gasteiger partial charge on any atom is 0.346 e. The highest BCUT2D eigenvalue weighted by Gasteiger charge is 2.20. The Morgan fingerprint density at radius 2 is 2.21 bits per heavy atom. The van der Waals surface area contributed by atoms with Gasteiger partial charge < -0.3 is 9.84 Å². The number of ketones is 1. The highest BCUT2D eigenvalue weighted by molar-refractivity contribution is 7.21. The molecule has 0 amide bonds. The van der Waals surface area contributed by atoms with Gasteiger partial charge in [-0.3, -0.25) is 4.79 Å². The Bertz CT molecular complexity index is 762. The van der Waals surface area contributed by atoms with Gasteiger partial charge >= 0.3 is 5.97 Å². The van der Waals surface area contributed by atoms with E-state index in [1.54, 1.807) is 19.1 Å². The fraction of sp³-hybridized carbons (Fsp3) is 0.286. The first kappa shape index (κ1) is 10.1. The van der Waals surface area contributed by atoms with Crippen LogP contribution in [-0.2, 0) is 11.3 Å². The lowest BCUT2D eigenvalue weighted by Gasteiger charge is -2.06. The number of methoxy groups -OCH3 is 1. The Labute approximate surface area is 118 Å². The summed E-state index contributed by atoms with van der Waals surface area (Å²) in [7, 11) is -2.54. The maximum atomic E-state index is 11.7. The molecule has 100 valence electrons. The number of benzene rings is 1. The Morgan fingerprint density at radius 3 is 2.79 bits per heavy atom. The summed E-state index contributed by atoms with van der Waals surface area (Å²) in [5, 5.41) is 9.83. The van der Waals surface area contributed by atoms with Crippen molar-refractivity contribution < 1.29 is 23.5 Å². The van der Waals surface area contributed by atoms with Crippen LogP contribution < -0.4 is 0 Å². The van der Waals surface area contributed by atoms with Crippen LogP contribution in [0, 0.1) is 6.92 Å². The summed E-state index contributed by atoms with van der Waals surface area (Å²) in [5.74, 6) is -1.25. The average Bonchev–Trinajstić information content (AvgIpc) is 2.73. The molecule has 4 nitrogen and oxygen atoms in total. The number of carboxylic acids is 1. The predicted molar refractivity (Wildman–Crippen MR) is 74.2 cm³/mol. The Hall–Kier alpha value is -1.72. The molecule has 0 unspecified atom stereocenters. The minimum Gasteiger partial charge on any atom is -0.477 e. The molecule has 5 heteroatoms. The second-order valence-corrected chi connectivity index (χ2v) is 5.20. The molecule has 0 spiro atoms. The summed E-state index contributed by atoms with van der Waals surface area (Å²) in [6.45, 7) is 2.87. The van der Waals surface area contributed by atoms with Crippen LogP contribution in [0.15, 0.2) is 12.1 Å². The number of ether oxygens (including phenoxy) is 1. The summed E-state index contributed by atoms with van der Waals surface area (Å²) in [6.07, 6.45) is 0. The third kappa shape index (κ3) is 2.27. The summed E-state index contributed by atoms with van der Waals surface area (Å²) >= 11 is 1.02. The van der Waals surface area contributed by atoms with Gasteiger partial charge in [-0.25, -0.2) is 4.79 Å². The zero-order valence-electron chi connectivity index (χ0n) is 13.4. The molecule has 0 atom stereocenters. The second kappa shape index (κ2) is 5.11. The smallest absolute Gasteiger partial charge is 0.346 e. The number of carbonyl (C=O) groups excluding carboxylic acids is 1. The molecule has 0 fully saturated rings. The van der Waals surface area contributed by atoms with E-state index >= 15 is 0 Å². The van der Waals surface area contributed by atoms with Gasteiger partial charge in [0.15, 0.2) is 5.78 Å². The molecule has 2 aromatic rings. The SMILES string of the molecule is [2H]C([2H])([2H])OCc1ccc(C(C)=O)c2sc(C(=O)O)c(C)c12. The minimum atomic E-state index is -2.54. The molecule has 0 bridgehead atoms. The van der Waals surface area contributed by atoms with Crippen molar-refractivity contribution in [1.82, 2.24) is 0 Å². The van der Waals surface area contributed by atoms with Crippen LogP contribution in [0.25, 0.3) is 10.1 Å². The normalized spacial score (nSPS) is 13.9. The maximum absolute atomic E-state index is 11.7. The number of aromatic carboxylic acids is 1. The third-order valence-electron chi connectivity index (χ3n) is 2.96. The van der Waals surface area contributed by atoms with Crippen LogP contribution in [0.3, 0.4) is 0 Å². The molecule has 0 radical (unpaired) electrons. The molecule has 1 aromatic carbocycles. The first-order valence-electron chi connectivity index (χ1n) is 7.05. The number of aryl methyl sites for hydroxylation is 1. The van der Waals surface area contributed by atoms with Crippen molar-refractivity contribution in [1.29, 1.82) is 0 Å². The van der Waals surface area contributed by atoms with Crippen molar-refractivity contribution in [2.45, 2.75) is 20.5 Å². The van der Waals surface area contributed by atoms with Crippen LogP contribution in [0.5, 0.6) is 0 Å². The number of Topliss-reactive ketones (excluding diaryl/α,β-unsaturated/α-hetero) is 1. The zero-order valence-corrected chi connectivity index (χ0v) is 11.3. The zero-order chi connectivity index (χ0) is 16.7. The summed E-state index contributed by atoms with van der Waals surface area (Å²) in [5.41, 5.74) is 1.49. The highest BCUT2D eigenvalue weighted by atomic mass is 32.1. The quantitative estimate of drug-likeness (QED) is 0.874. The highest BCUT2D eigenvalue weighted by Crippen LogP contribution is 2.36. The van der Waals surface area contributed by atoms with Gasteiger partial charge in [0.1, 0.15) is 4.88 Å². The second-order valence-electron chi connectivity index (χ2n) is 4.18. The van der Waals surface area contributed by atoms with E-state index in [2.05, 4.69) is 0 Å². The van der Waals surface area contributed by atoms with E-state index < -0.39 is 13.0 Å². The molecule has 0 saturated heterocycles. The largest absolute Gasteiger partial charge is 0.477 e. The van der Waals surface area contributed by atoms with Gasteiger partial charge in [-0.05, 0) is 31.0 Å². The summed E-state index contributed by atoms with van der Waals surface area (Å²) in [4.78, 5) is 23.2. The molecule has 1 aromatic heterocycles.